The van der Waals surface area contributed by atoms with E-state index in [0.29, 0.717) is 11.7 Å². The first-order valence-corrected chi connectivity index (χ1v) is 12.0. The van der Waals surface area contributed by atoms with E-state index in [1.165, 1.54) is 33.1 Å². The van der Waals surface area contributed by atoms with Crippen molar-refractivity contribution >= 4 is 55.1 Å². The molecule has 7 heteroatoms. The van der Waals surface area contributed by atoms with Gasteiger partial charge in [-0.15, -0.1) is 10.2 Å². The predicted molar refractivity (Wildman–Crippen MR) is 123 cm³/mol. The molecule has 30 heavy (non-hydrogen) atoms. The molecule has 1 aliphatic carbocycles. The summed E-state index contributed by atoms with van der Waals surface area (Å²) in [5, 5.41) is 10.7. The maximum atomic E-state index is 13.4. The van der Waals surface area contributed by atoms with Crippen molar-refractivity contribution in [2.45, 2.75) is 31.3 Å². The van der Waals surface area contributed by atoms with Crippen molar-refractivity contribution in [1.29, 1.82) is 0 Å². The van der Waals surface area contributed by atoms with Gasteiger partial charge in [-0.05, 0) is 48.9 Å². The van der Waals surface area contributed by atoms with E-state index in [1.807, 2.05) is 22.8 Å². The molecule has 3 aromatic heterocycles. The Morgan fingerprint density at radius 3 is 2.83 bits per heavy atom. The number of carbonyl (C=O) groups is 1. The quantitative estimate of drug-likeness (QED) is 0.356. The summed E-state index contributed by atoms with van der Waals surface area (Å²) in [7, 11) is 0. The van der Waals surface area contributed by atoms with Crippen molar-refractivity contribution < 1.29 is 4.79 Å². The molecule has 0 aliphatic heterocycles. The highest BCUT2D eigenvalue weighted by atomic mass is 32.2. The maximum absolute atomic E-state index is 13.4. The maximum Gasteiger partial charge on any atom is 0.241 e. The average Bonchev–Trinajstić information content (AvgIpc) is 3.42. The zero-order chi connectivity index (χ0) is 20.2. The van der Waals surface area contributed by atoms with Crippen LogP contribution in [0.25, 0.3) is 26.1 Å². The van der Waals surface area contributed by atoms with Gasteiger partial charge in [-0.25, -0.2) is 0 Å². The lowest BCUT2D eigenvalue weighted by Crippen LogP contribution is -2.20. The first-order valence-electron chi connectivity index (χ1n) is 10.2. The van der Waals surface area contributed by atoms with Gasteiger partial charge in [0.15, 0.2) is 5.16 Å². The van der Waals surface area contributed by atoms with E-state index >= 15 is 0 Å². The third kappa shape index (κ3) is 2.72. The Labute approximate surface area is 181 Å². The van der Waals surface area contributed by atoms with E-state index in [2.05, 4.69) is 51.9 Å². The third-order valence-electron chi connectivity index (χ3n) is 6.00. The number of para-hydroxylation sites is 2. The van der Waals surface area contributed by atoms with Gasteiger partial charge in [-0.3, -0.25) is 13.8 Å². The van der Waals surface area contributed by atoms with E-state index < -0.39 is 0 Å². The fourth-order valence-electron chi connectivity index (χ4n) is 4.61. The molecule has 0 unspecified atom stereocenters. The number of hydrogen-bond acceptors (Lipinski definition) is 5. The lowest BCUT2D eigenvalue weighted by Gasteiger charge is -2.20. The zero-order valence-corrected chi connectivity index (χ0v) is 18.2. The van der Waals surface area contributed by atoms with E-state index in [0.717, 1.165) is 40.4 Å². The molecule has 0 saturated heterocycles. The number of thioether (sulfide) groups is 1. The summed E-state index contributed by atoms with van der Waals surface area (Å²) in [4.78, 5) is 14.3. The number of hydrogen-bond donors (Lipinski definition) is 0. The van der Waals surface area contributed by atoms with Gasteiger partial charge in [0.05, 0.1) is 21.5 Å². The lowest BCUT2D eigenvalue weighted by molar-refractivity contribution is 0.0943. The highest BCUT2D eigenvalue weighted by molar-refractivity contribution is 7.99. The molecule has 0 radical (unpaired) electrons. The molecule has 5 nitrogen and oxygen atoms in total. The van der Waals surface area contributed by atoms with Crippen LogP contribution in [0.1, 0.15) is 29.4 Å². The number of fused-ring (bicyclic) bond motifs is 6. The number of thiazole rings is 1. The summed E-state index contributed by atoms with van der Waals surface area (Å²) in [6.07, 6.45) is 3.15. The minimum Gasteiger partial charge on any atom is -0.283 e. The molecule has 5 aromatic rings. The summed E-state index contributed by atoms with van der Waals surface area (Å²) in [5.41, 5.74) is 4.69. The molecule has 2 aromatic carbocycles. The number of rotatable bonds is 3. The van der Waals surface area contributed by atoms with Crippen molar-refractivity contribution in [2.24, 2.45) is 5.92 Å². The molecule has 0 N–H and O–H groups in total. The first kappa shape index (κ1) is 18.2. The molecular weight excluding hydrogens is 412 g/mol. The van der Waals surface area contributed by atoms with E-state index in [1.54, 1.807) is 11.3 Å². The molecule has 3 heterocycles. The Morgan fingerprint density at radius 1 is 1.13 bits per heavy atom. The van der Waals surface area contributed by atoms with Crippen LogP contribution in [0.4, 0.5) is 0 Å². The minimum absolute atomic E-state index is 0.114. The van der Waals surface area contributed by atoms with Crippen molar-refractivity contribution in [2.75, 3.05) is 5.75 Å². The van der Waals surface area contributed by atoms with Crippen LogP contribution >= 0.6 is 23.1 Å². The Bertz CT molecular complexity index is 1430. The Morgan fingerprint density at radius 2 is 1.93 bits per heavy atom. The van der Waals surface area contributed by atoms with E-state index in [-0.39, 0.29) is 5.91 Å². The summed E-state index contributed by atoms with van der Waals surface area (Å²) in [5.74, 6) is 1.12. The van der Waals surface area contributed by atoms with Gasteiger partial charge in [0.25, 0.3) is 0 Å². The molecule has 1 aliphatic rings. The van der Waals surface area contributed by atoms with Crippen molar-refractivity contribution in [3.63, 3.8) is 0 Å². The number of aromatic nitrogens is 4. The summed E-state index contributed by atoms with van der Waals surface area (Å²) in [6.45, 7) is 2.30. The van der Waals surface area contributed by atoms with E-state index in [9.17, 15) is 4.79 Å². The molecule has 0 spiro atoms. The van der Waals surface area contributed by atoms with E-state index in [4.69, 9.17) is 0 Å². The van der Waals surface area contributed by atoms with Crippen LogP contribution in [0, 0.1) is 5.92 Å². The highest BCUT2D eigenvalue weighted by Gasteiger charge is 2.26. The fraction of sp³-hybridized carbons (Fsp3) is 0.261. The molecule has 6 rings (SSSR count). The number of nitrogens with zero attached hydrogens (tertiary/aromatic N) is 4. The Kier molecular flexibility index (Phi) is 4.21. The standard InChI is InChI=1S/C23H20N4OS2/c1-14-10-11-18-16(12-14)15-6-2-3-7-17(15)26(18)21(28)13-29-22-24-25-23-27(22)19-8-4-5-9-20(19)30-23/h2-9,14H,10-13H2,1H3/t14-/m0/s1. The van der Waals surface area contributed by atoms with Crippen LogP contribution in [0.5, 0.6) is 0 Å². The molecular formula is C23H20N4OS2. The second-order valence-corrected chi connectivity index (χ2v) is 9.93. The van der Waals surface area contributed by atoms with Crippen LogP contribution < -0.4 is 0 Å². The third-order valence-corrected chi connectivity index (χ3v) is 7.93. The van der Waals surface area contributed by atoms with Gasteiger partial charge in [0.1, 0.15) is 0 Å². The smallest absolute Gasteiger partial charge is 0.241 e. The van der Waals surface area contributed by atoms with Gasteiger partial charge in [-0.2, -0.15) is 0 Å². The summed E-state index contributed by atoms with van der Waals surface area (Å²) < 4.78 is 5.20. The lowest BCUT2D eigenvalue weighted by atomic mass is 9.88. The van der Waals surface area contributed by atoms with Crippen LogP contribution in [0.15, 0.2) is 53.7 Å². The average molecular weight is 433 g/mol. The monoisotopic (exact) mass is 432 g/mol. The number of benzene rings is 2. The van der Waals surface area contributed by atoms with Crippen molar-refractivity contribution in [1.82, 2.24) is 19.2 Å². The highest BCUT2D eigenvalue weighted by Crippen LogP contribution is 2.35. The molecule has 0 fully saturated rings. The van der Waals surface area contributed by atoms with Crippen LogP contribution in [-0.2, 0) is 12.8 Å². The molecule has 0 bridgehead atoms. The topological polar surface area (TPSA) is 52.2 Å². The van der Waals surface area contributed by atoms with Crippen LogP contribution in [-0.4, -0.2) is 30.8 Å². The van der Waals surface area contributed by atoms with Crippen molar-refractivity contribution in [3.05, 3.63) is 59.8 Å². The first-order chi connectivity index (χ1) is 14.7. The van der Waals surface area contributed by atoms with Gasteiger partial charge in [0, 0.05) is 11.1 Å². The zero-order valence-electron chi connectivity index (χ0n) is 16.5. The minimum atomic E-state index is 0.114. The van der Waals surface area contributed by atoms with Gasteiger partial charge in [-0.1, -0.05) is 60.4 Å². The van der Waals surface area contributed by atoms with Gasteiger partial charge < -0.3 is 0 Å². The van der Waals surface area contributed by atoms with Gasteiger partial charge in [0.2, 0.25) is 10.9 Å². The molecule has 0 saturated carbocycles. The summed E-state index contributed by atoms with van der Waals surface area (Å²) >= 11 is 3.09. The Balaban J connectivity index is 1.36. The molecule has 1 atom stereocenters. The second-order valence-electron chi connectivity index (χ2n) is 7.98. The normalized spacial score (nSPS) is 16.5. The molecule has 0 amide bonds. The second kappa shape index (κ2) is 6.96. The largest absolute Gasteiger partial charge is 0.283 e. The number of carbonyl (C=O) groups excluding carboxylic acids is 1. The Hall–Kier alpha value is -2.64. The molecule has 150 valence electrons. The van der Waals surface area contributed by atoms with Crippen LogP contribution in [0.2, 0.25) is 0 Å². The van der Waals surface area contributed by atoms with Crippen molar-refractivity contribution in [3.8, 4) is 0 Å². The fourth-order valence-corrected chi connectivity index (χ4v) is 6.43. The van der Waals surface area contributed by atoms with Gasteiger partial charge >= 0.3 is 0 Å². The van der Waals surface area contributed by atoms with Crippen LogP contribution in [0.3, 0.4) is 0 Å². The summed E-state index contributed by atoms with van der Waals surface area (Å²) in [6, 6.07) is 16.5. The SMILES string of the molecule is C[C@H]1CCc2c(c3ccccc3n2C(=O)CSc2nnc3sc4ccccc4n23)C1. The predicted octanol–water partition coefficient (Wildman–Crippen LogP) is 5.46.